The van der Waals surface area contributed by atoms with E-state index < -0.39 is 0 Å². The number of tetrazole rings is 1. The fourth-order valence-corrected chi connectivity index (χ4v) is 4.07. The molecule has 27 heavy (non-hydrogen) atoms. The summed E-state index contributed by atoms with van der Waals surface area (Å²) >= 11 is 0. The summed E-state index contributed by atoms with van der Waals surface area (Å²) < 4.78 is 0. The summed E-state index contributed by atoms with van der Waals surface area (Å²) in [5, 5.41) is 14.3. The Hall–Kier alpha value is -2.53. The molecule has 5 nitrogen and oxygen atoms in total. The molecule has 4 rings (SSSR count). The molecule has 3 aromatic rings. The molecule has 1 aliphatic heterocycles. The second kappa shape index (κ2) is 8.01. The van der Waals surface area contributed by atoms with E-state index in [1.54, 1.807) is 0 Å². The first-order chi connectivity index (χ1) is 13.2. The first kappa shape index (κ1) is 17.9. The van der Waals surface area contributed by atoms with Gasteiger partial charge in [0.15, 0.2) is 0 Å². The van der Waals surface area contributed by atoms with Crippen LogP contribution in [-0.2, 0) is 13.0 Å². The highest BCUT2D eigenvalue weighted by Gasteiger charge is 2.24. The standard InChI is InChI=1S/C22H27N5/c1-3-17-7-8-20(16(2)14-17)15-27-13-5-4-6-21(27)18-9-11-19(12-10-18)22-23-25-26-24-22/h7-12,14,21H,3-6,13,15H2,1-2H3,(H,23,24,25,26). The fourth-order valence-electron chi connectivity index (χ4n) is 4.07. The Bertz CT molecular complexity index is 870. The zero-order chi connectivity index (χ0) is 18.6. The molecule has 1 aromatic heterocycles. The number of likely N-dealkylation sites (tertiary alicyclic amines) is 1. The minimum Gasteiger partial charge on any atom is -0.292 e. The van der Waals surface area contributed by atoms with Crippen LogP contribution in [0.2, 0.25) is 0 Å². The number of aromatic nitrogens is 4. The SMILES string of the molecule is CCc1ccc(CN2CCCCC2c2ccc(-c3nn[nH]n3)cc2)c(C)c1. The van der Waals surface area contributed by atoms with Crippen molar-refractivity contribution in [2.24, 2.45) is 0 Å². The van der Waals surface area contributed by atoms with Crippen molar-refractivity contribution in [1.82, 2.24) is 25.5 Å². The molecule has 0 saturated carbocycles. The molecular formula is C22H27N5. The molecule has 1 N–H and O–H groups in total. The smallest absolute Gasteiger partial charge is 0.204 e. The molecule has 0 radical (unpaired) electrons. The molecule has 0 aliphatic carbocycles. The highest BCUT2D eigenvalue weighted by molar-refractivity contribution is 5.54. The first-order valence-corrected chi connectivity index (χ1v) is 9.91. The highest BCUT2D eigenvalue weighted by atomic mass is 15.5. The van der Waals surface area contributed by atoms with Gasteiger partial charge in [0.05, 0.1) is 0 Å². The van der Waals surface area contributed by atoms with Crippen molar-refractivity contribution in [1.29, 1.82) is 0 Å². The van der Waals surface area contributed by atoms with Crippen molar-refractivity contribution < 1.29 is 0 Å². The van der Waals surface area contributed by atoms with Gasteiger partial charge in [-0.3, -0.25) is 4.90 Å². The topological polar surface area (TPSA) is 57.7 Å². The van der Waals surface area contributed by atoms with E-state index in [0.717, 1.165) is 25.1 Å². The normalized spacial score (nSPS) is 17.9. The molecular weight excluding hydrogens is 334 g/mol. The van der Waals surface area contributed by atoms with E-state index in [1.807, 2.05) is 0 Å². The van der Waals surface area contributed by atoms with Gasteiger partial charge in [0, 0.05) is 18.2 Å². The highest BCUT2D eigenvalue weighted by Crippen LogP contribution is 2.33. The van der Waals surface area contributed by atoms with E-state index >= 15 is 0 Å². The molecule has 0 amide bonds. The van der Waals surface area contributed by atoms with E-state index in [9.17, 15) is 0 Å². The maximum atomic E-state index is 4.07. The van der Waals surface area contributed by atoms with Gasteiger partial charge >= 0.3 is 0 Å². The van der Waals surface area contributed by atoms with Crippen LogP contribution in [0, 0.1) is 6.92 Å². The maximum absolute atomic E-state index is 4.07. The van der Waals surface area contributed by atoms with Crippen LogP contribution >= 0.6 is 0 Å². The molecule has 140 valence electrons. The van der Waals surface area contributed by atoms with E-state index in [0.29, 0.717) is 11.9 Å². The molecule has 1 aliphatic rings. The Labute approximate surface area is 160 Å². The fraction of sp³-hybridized carbons (Fsp3) is 0.409. The zero-order valence-electron chi connectivity index (χ0n) is 16.2. The number of aryl methyl sites for hydroxylation is 2. The number of nitrogens with zero attached hydrogens (tertiary/aromatic N) is 4. The van der Waals surface area contributed by atoms with Crippen molar-refractivity contribution in [3.63, 3.8) is 0 Å². The molecule has 1 atom stereocenters. The van der Waals surface area contributed by atoms with Gasteiger partial charge in [-0.1, -0.05) is 55.8 Å². The molecule has 1 unspecified atom stereocenters. The Morgan fingerprint density at radius 2 is 1.96 bits per heavy atom. The van der Waals surface area contributed by atoms with Gasteiger partial charge in [-0.25, -0.2) is 0 Å². The minimum atomic E-state index is 0.475. The molecule has 0 spiro atoms. The summed E-state index contributed by atoms with van der Waals surface area (Å²) in [6, 6.07) is 16.1. The van der Waals surface area contributed by atoms with Crippen LogP contribution in [0.3, 0.4) is 0 Å². The number of benzene rings is 2. The van der Waals surface area contributed by atoms with Gasteiger partial charge in [0.1, 0.15) is 0 Å². The molecule has 1 fully saturated rings. The lowest BCUT2D eigenvalue weighted by Gasteiger charge is -2.36. The van der Waals surface area contributed by atoms with Crippen molar-refractivity contribution >= 4 is 0 Å². The second-order valence-corrected chi connectivity index (χ2v) is 7.45. The third-order valence-electron chi connectivity index (χ3n) is 5.70. The van der Waals surface area contributed by atoms with E-state index in [-0.39, 0.29) is 0 Å². The minimum absolute atomic E-state index is 0.475. The van der Waals surface area contributed by atoms with Crippen molar-refractivity contribution in [3.8, 4) is 11.4 Å². The lowest BCUT2D eigenvalue weighted by Crippen LogP contribution is -2.33. The number of H-pyrrole nitrogens is 1. The largest absolute Gasteiger partial charge is 0.292 e. The number of rotatable bonds is 5. The summed E-state index contributed by atoms with van der Waals surface area (Å²) in [5.41, 5.74) is 6.66. The molecule has 1 saturated heterocycles. The quantitative estimate of drug-likeness (QED) is 0.729. The molecule has 2 aromatic carbocycles. The van der Waals surface area contributed by atoms with Crippen LogP contribution in [0.4, 0.5) is 0 Å². The molecule has 0 bridgehead atoms. The third-order valence-corrected chi connectivity index (χ3v) is 5.70. The van der Waals surface area contributed by atoms with Crippen molar-refractivity contribution in [2.45, 2.75) is 52.1 Å². The van der Waals surface area contributed by atoms with Gasteiger partial charge in [-0.2, -0.15) is 5.21 Å². The van der Waals surface area contributed by atoms with Gasteiger partial charge in [0.25, 0.3) is 0 Å². The number of hydrogen-bond acceptors (Lipinski definition) is 4. The number of piperidine rings is 1. The van der Waals surface area contributed by atoms with Gasteiger partial charge in [-0.15, -0.1) is 10.2 Å². The predicted octanol–water partition coefficient (Wildman–Crippen LogP) is 4.46. The maximum Gasteiger partial charge on any atom is 0.204 e. The van der Waals surface area contributed by atoms with Crippen LogP contribution in [-0.4, -0.2) is 32.1 Å². The Kier molecular flexibility index (Phi) is 5.30. The van der Waals surface area contributed by atoms with Gasteiger partial charge in [-0.05, 0) is 60.2 Å². The van der Waals surface area contributed by atoms with E-state index in [1.165, 1.54) is 41.5 Å². The van der Waals surface area contributed by atoms with Crippen molar-refractivity contribution in [3.05, 3.63) is 64.7 Å². The second-order valence-electron chi connectivity index (χ2n) is 7.45. The number of aromatic amines is 1. The third kappa shape index (κ3) is 3.93. The molecule has 5 heteroatoms. The number of nitrogens with one attached hydrogen (secondary N) is 1. The first-order valence-electron chi connectivity index (χ1n) is 9.91. The average molecular weight is 361 g/mol. The zero-order valence-corrected chi connectivity index (χ0v) is 16.2. The molecule has 2 heterocycles. The summed E-state index contributed by atoms with van der Waals surface area (Å²) in [4.78, 5) is 2.64. The van der Waals surface area contributed by atoms with Crippen LogP contribution < -0.4 is 0 Å². The summed E-state index contributed by atoms with van der Waals surface area (Å²) in [5.74, 6) is 0.647. The monoisotopic (exact) mass is 361 g/mol. The lowest BCUT2D eigenvalue weighted by atomic mass is 9.93. The summed E-state index contributed by atoms with van der Waals surface area (Å²) in [6.45, 7) is 6.64. The number of hydrogen-bond donors (Lipinski definition) is 1. The van der Waals surface area contributed by atoms with E-state index in [4.69, 9.17) is 0 Å². The van der Waals surface area contributed by atoms with Gasteiger partial charge < -0.3 is 0 Å². The van der Waals surface area contributed by atoms with Crippen molar-refractivity contribution in [2.75, 3.05) is 6.54 Å². The van der Waals surface area contributed by atoms with Crippen LogP contribution in [0.1, 0.15) is 54.5 Å². The Morgan fingerprint density at radius 3 is 2.67 bits per heavy atom. The Balaban J connectivity index is 1.54. The van der Waals surface area contributed by atoms with Crippen LogP contribution in [0.15, 0.2) is 42.5 Å². The summed E-state index contributed by atoms with van der Waals surface area (Å²) in [7, 11) is 0. The van der Waals surface area contributed by atoms with E-state index in [2.05, 4.69) is 81.8 Å². The van der Waals surface area contributed by atoms with Crippen LogP contribution in [0.25, 0.3) is 11.4 Å². The Morgan fingerprint density at radius 1 is 1.11 bits per heavy atom. The lowest BCUT2D eigenvalue weighted by molar-refractivity contribution is 0.140. The van der Waals surface area contributed by atoms with Crippen LogP contribution in [0.5, 0.6) is 0 Å². The van der Waals surface area contributed by atoms with Gasteiger partial charge in [0.2, 0.25) is 5.82 Å². The summed E-state index contributed by atoms with van der Waals surface area (Å²) in [6.07, 6.45) is 4.89. The average Bonchev–Trinajstić information content (AvgIpc) is 3.25. The predicted molar refractivity (Wildman–Crippen MR) is 107 cm³/mol.